The third kappa shape index (κ3) is 7.90. The molecule has 52 heavy (non-hydrogen) atoms. The smallest absolute Gasteiger partial charge is 0.200 e. The van der Waals surface area contributed by atoms with Crippen LogP contribution in [-0.4, -0.2) is 71.8 Å². The topological polar surface area (TPSA) is 173 Å². The highest BCUT2D eigenvalue weighted by molar-refractivity contribution is 5.92. The van der Waals surface area contributed by atoms with Crippen molar-refractivity contribution in [3.63, 3.8) is 0 Å². The number of likely N-dealkylation sites (N-methyl/N-ethyl adjacent to an activating group) is 1. The van der Waals surface area contributed by atoms with Crippen LogP contribution < -0.4 is 25.4 Å². The Morgan fingerprint density at radius 2 is 1.73 bits per heavy atom. The van der Waals surface area contributed by atoms with Crippen molar-refractivity contribution in [3.8, 4) is 34.5 Å². The molecule has 2 aliphatic rings. The van der Waals surface area contributed by atoms with E-state index in [2.05, 4.69) is 16.0 Å². The quantitative estimate of drug-likeness (QED) is 0.0971. The van der Waals surface area contributed by atoms with E-state index in [4.69, 9.17) is 9.47 Å². The summed E-state index contributed by atoms with van der Waals surface area (Å²) < 4.78 is 10.7. The summed E-state index contributed by atoms with van der Waals surface area (Å²) in [5, 5.41) is 65.7. The van der Waals surface area contributed by atoms with Gasteiger partial charge in [0, 0.05) is 31.1 Å². The van der Waals surface area contributed by atoms with Crippen LogP contribution in [0.3, 0.4) is 0 Å². The van der Waals surface area contributed by atoms with Gasteiger partial charge in [-0.25, -0.2) is 0 Å². The fourth-order valence-electron chi connectivity index (χ4n) is 7.59. The molecule has 0 saturated heterocycles. The number of hydrogen-bond acceptors (Lipinski definition) is 11. The zero-order chi connectivity index (χ0) is 36.9. The highest BCUT2D eigenvalue weighted by Gasteiger charge is 2.33. The first kappa shape index (κ1) is 36.4. The molecule has 0 saturated carbocycles. The molecule has 2 heterocycles. The second kappa shape index (κ2) is 15.9. The van der Waals surface area contributed by atoms with Crippen molar-refractivity contribution >= 4 is 22.2 Å². The fourth-order valence-corrected chi connectivity index (χ4v) is 7.59. The number of rotatable bonds is 9. The molecule has 2 aliphatic heterocycles. The SMILES string of the molecule is CNC[C@H]1C[C@H](c2cc(O)c(O)c(OC)c2)CC(=O)[C@H]([C@H](O)CCc2ccc(O)c(OC)c2)CC2=CCNC(=C2)Nc2ccc3cc(O)ccc3c21. The largest absolute Gasteiger partial charge is 0.508 e. The molecule has 0 aromatic heterocycles. The fraction of sp³-hybridized carbons (Fsp3) is 0.341. The maximum Gasteiger partial charge on any atom is 0.200 e. The lowest BCUT2D eigenvalue weighted by molar-refractivity contribution is -0.127. The number of ketones is 1. The molecule has 0 aliphatic carbocycles. The molecule has 11 nitrogen and oxygen atoms in total. The first-order valence-electron chi connectivity index (χ1n) is 17.6. The Bertz CT molecular complexity index is 2010. The number of phenols is 4. The van der Waals surface area contributed by atoms with E-state index in [1.165, 1.54) is 20.3 Å². The molecule has 6 rings (SSSR count). The van der Waals surface area contributed by atoms with Gasteiger partial charge in [0.25, 0.3) is 0 Å². The van der Waals surface area contributed by atoms with Crippen LogP contribution in [0.15, 0.2) is 84.2 Å². The van der Waals surface area contributed by atoms with E-state index in [9.17, 15) is 30.3 Å². The molecule has 0 amide bonds. The standard InChI is InChI=1S/C41H47N3O8/c1-42-22-28-17-26(27-20-36(49)41(50)38(21-27)52-3)19-35(48)31(33(46)10-4-23-5-11-34(47)37(15-23)51-2)14-24-12-13-43-39(16-24)44-32-9-6-25-18-29(45)7-8-30(25)40(28)32/h5-9,11-12,15-16,18,20-21,26,28,31,33,42-47,49-50H,4,10,13-14,17,19,22H2,1-3H3/t26-,28+,31-,33+/m0/s1. The number of phenolic OH excluding ortho intramolecular Hbond substituents is 4. The zero-order valence-electron chi connectivity index (χ0n) is 29.6. The van der Waals surface area contributed by atoms with Gasteiger partial charge < -0.3 is 51.0 Å². The van der Waals surface area contributed by atoms with Crippen molar-refractivity contribution in [1.82, 2.24) is 10.6 Å². The number of aryl methyl sites for hydroxylation is 1. The number of anilines is 1. The number of carbonyl (C=O) groups is 1. The van der Waals surface area contributed by atoms with Crippen LogP contribution in [0.25, 0.3) is 10.8 Å². The number of aliphatic hydroxyl groups excluding tert-OH is 1. The first-order valence-corrected chi connectivity index (χ1v) is 17.6. The second-order valence-electron chi connectivity index (χ2n) is 13.6. The van der Waals surface area contributed by atoms with Gasteiger partial charge in [-0.3, -0.25) is 4.79 Å². The maximum atomic E-state index is 14.6. The number of allylic oxidation sites excluding steroid dienone is 2. The molecule has 0 spiro atoms. The molecule has 11 heteroatoms. The molecule has 2 bridgehead atoms. The summed E-state index contributed by atoms with van der Waals surface area (Å²) in [6.07, 6.45) is 4.61. The third-order valence-electron chi connectivity index (χ3n) is 10.3. The Labute approximate surface area is 303 Å². The van der Waals surface area contributed by atoms with Gasteiger partial charge >= 0.3 is 0 Å². The molecule has 0 unspecified atom stereocenters. The molecule has 4 atom stereocenters. The van der Waals surface area contributed by atoms with Crippen molar-refractivity contribution in [2.24, 2.45) is 5.92 Å². The Morgan fingerprint density at radius 3 is 2.50 bits per heavy atom. The van der Waals surface area contributed by atoms with Crippen LogP contribution in [0, 0.1) is 5.92 Å². The molecular formula is C41H47N3O8. The number of benzene rings is 4. The normalized spacial score (nSPS) is 19.8. The minimum Gasteiger partial charge on any atom is -0.508 e. The number of nitrogens with one attached hydrogen (secondary N) is 3. The van der Waals surface area contributed by atoms with Gasteiger partial charge in [0.2, 0.25) is 5.75 Å². The van der Waals surface area contributed by atoms with Crippen molar-refractivity contribution in [2.45, 2.75) is 50.0 Å². The second-order valence-corrected chi connectivity index (χ2v) is 13.6. The summed E-state index contributed by atoms with van der Waals surface area (Å²) in [6, 6.07) is 17.5. The highest BCUT2D eigenvalue weighted by Crippen LogP contribution is 2.45. The Hall–Kier alpha value is -5.39. The molecular weight excluding hydrogens is 662 g/mol. The maximum absolute atomic E-state index is 14.6. The first-order chi connectivity index (χ1) is 25.1. The highest BCUT2D eigenvalue weighted by atomic mass is 16.5. The molecule has 0 fully saturated rings. The molecule has 4 aromatic rings. The predicted octanol–water partition coefficient (Wildman–Crippen LogP) is 5.91. The van der Waals surface area contributed by atoms with Crippen molar-refractivity contribution in [3.05, 3.63) is 101 Å². The third-order valence-corrected chi connectivity index (χ3v) is 10.3. The summed E-state index contributed by atoms with van der Waals surface area (Å²) >= 11 is 0. The van der Waals surface area contributed by atoms with Gasteiger partial charge in [0.1, 0.15) is 17.4 Å². The lowest BCUT2D eigenvalue weighted by atomic mass is 9.77. The van der Waals surface area contributed by atoms with E-state index in [-0.39, 0.29) is 46.9 Å². The van der Waals surface area contributed by atoms with Gasteiger partial charge in [-0.05, 0) is 126 Å². The van der Waals surface area contributed by atoms with E-state index in [1.54, 1.807) is 36.4 Å². The van der Waals surface area contributed by atoms with Crippen molar-refractivity contribution in [1.29, 1.82) is 0 Å². The average Bonchev–Trinajstić information content (AvgIpc) is 3.14. The van der Waals surface area contributed by atoms with E-state index in [0.717, 1.165) is 39.0 Å². The summed E-state index contributed by atoms with van der Waals surface area (Å²) in [5.74, 6) is -0.846. The number of aliphatic hydroxyl groups is 1. The van der Waals surface area contributed by atoms with Gasteiger partial charge in [0.05, 0.1) is 20.3 Å². The van der Waals surface area contributed by atoms with Gasteiger partial charge in [0.15, 0.2) is 23.0 Å². The minimum absolute atomic E-state index is 0.0269. The summed E-state index contributed by atoms with van der Waals surface area (Å²) in [5.41, 5.74) is 4.25. The lowest BCUT2D eigenvalue weighted by Crippen LogP contribution is -2.31. The molecule has 8 N–H and O–H groups in total. The van der Waals surface area contributed by atoms with Crippen LogP contribution in [0.4, 0.5) is 5.69 Å². The number of hydrogen-bond donors (Lipinski definition) is 8. The van der Waals surface area contributed by atoms with E-state index < -0.39 is 17.9 Å². The van der Waals surface area contributed by atoms with E-state index in [0.29, 0.717) is 50.1 Å². The monoisotopic (exact) mass is 709 g/mol. The minimum atomic E-state index is -0.983. The van der Waals surface area contributed by atoms with Crippen molar-refractivity contribution < 1.29 is 39.8 Å². The number of aromatic hydroxyl groups is 4. The Kier molecular flexibility index (Phi) is 11.1. The summed E-state index contributed by atoms with van der Waals surface area (Å²) in [4.78, 5) is 14.6. The number of Topliss-reactive ketones (excluding diaryl/α,β-unsaturated/α-hetero) is 1. The average molecular weight is 710 g/mol. The van der Waals surface area contributed by atoms with Crippen LogP contribution in [0.2, 0.25) is 0 Å². The predicted molar refractivity (Wildman–Crippen MR) is 200 cm³/mol. The van der Waals surface area contributed by atoms with E-state index in [1.807, 2.05) is 37.4 Å². The number of methoxy groups -OCH3 is 2. The summed E-state index contributed by atoms with van der Waals surface area (Å²) in [6.45, 7) is 1.07. The van der Waals surface area contributed by atoms with Gasteiger partial charge in [-0.15, -0.1) is 0 Å². The number of dihydropyridines is 1. The van der Waals surface area contributed by atoms with Crippen LogP contribution in [0.5, 0.6) is 34.5 Å². The molecule has 4 aromatic carbocycles. The van der Waals surface area contributed by atoms with Crippen molar-refractivity contribution in [2.75, 3.05) is 39.7 Å². The van der Waals surface area contributed by atoms with Crippen LogP contribution in [0.1, 0.15) is 54.2 Å². The number of ether oxygens (including phenoxy) is 2. The number of fused-ring (bicyclic) bond motifs is 4. The molecule has 0 radical (unpaired) electrons. The van der Waals surface area contributed by atoms with Gasteiger partial charge in [-0.1, -0.05) is 24.3 Å². The Morgan fingerprint density at radius 1 is 0.923 bits per heavy atom. The lowest BCUT2D eigenvalue weighted by Gasteiger charge is -2.29. The molecule has 274 valence electrons. The number of carbonyl (C=O) groups excluding carboxylic acids is 1. The van der Waals surface area contributed by atoms with Gasteiger partial charge in [-0.2, -0.15) is 0 Å². The Balaban J connectivity index is 1.45. The summed E-state index contributed by atoms with van der Waals surface area (Å²) in [7, 11) is 4.76. The van der Waals surface area contributed by atoms with Crippen LogP contribution >= 0.6 is 0 Å². The van der Waals surface area contributed by atoms with Crippen LogP contribution in [-0.2, 0) is 11.2 Å². The van der Waals surface area contributed by atoms with E-state index >= 15 is 0 Å². The zero-order valence-corrected chi connectivity index (χ0v) is 29.6.